The number of hydrogen-bond donors (Lipinski definition) is 2. The van der Waals surface area contributed by atoms with Crippen molar-refractivity contribution >= 4 is 17.3 Å². The number of nitrogens with zero attached hydrogens (tertiary/aromatic N) is 1. The van der Waals surface area contributed by atoms with Crippen molar-refractivity contribution in [2.45, 2.75) is 45.7 Å². The van der Waals surface area contributed by atoms with Crippen molar-refractivity contribution in [3.05, 3.63) is 24.3 Å². The van der Waals surface area contributed by atoms with Gasteiger partial charge in [0.1, 0.15) is 0 Å². The van der Waals surface area contributed by atoms with Gasteiger partial charge in [0, 0.05) is 17.4 Å². The van der Waals surface area contributed by atoms with Crippen molar-refractivity contribution in [1.29, 1.82) is 0 Å². The third kappa shape index (κ3) is 4.56. The van der Waals surface area contributed by atoms with E-state index in [0.717, 1.165) is 18.5 Å². The molecule has 4 nitrogen and oxygen atoms in total. The monoisotopic (exact) mass is 263 g/mol. The molecule has 19 heavy (non-hydrogen) atoms. The van der Waals surface area contributed by atoms with Crippen LogP contribution in [-0.2, 0) is 4.79 Å². The van der Waals surface area contributed by atoms with Gasteiger partial charge in [-0.1, -0.05) is 19.4 Å². The molecule has 4 heteroatoms. The summed E-state index contributed by atoms with van der Waals surface area (Å²) in [7, 11) is 1.99. The first-order chi connectivity index (χ1) is 8.95. The van der Waals surface area contributed by atoms with Gasteiger partial charge in [0.05, 0.1) is 6.04 Å². The molecule has 3 N–H and O–H groups in total. The van der Waals surface area contributed by atoms with Crippen molar-refractivity contribution in [1.82, 2.24) is 4.90 Å². The Balaban J connectivity index is 2.62. The second kappa shape index (κ2) is 7.14. The molecule has 2 unspecified atom stereocenters. The number of rotatable bonds is 6. The highest BCUT2D eigenvalue weighted by Crippen LogP contribution is 2.14. The van der Waals surface area contributed by atoms with E-state index in [2.05, 4.69) is 24.1 Å². The second-order valence-corrected chi connectivity index (χ2v) is 5.09. The zero-order chi connectivity index (χ0) is 14.4. The van der Waals surface area contributed by atoms with Gasteiger partial charge in [-0.25, -0.2) is 0 Å². The molecule has 2 atom stereocenters. The molecule has 0 saturated carbocycles. The Kier molecular flexibility index (Phi) is 5.83. The molecule has 0 fully saturated rings. The first-order valence-electron chi connectivity index (χ1n) is 6.84. The van der Waals surface area contributed by atoms with Crippen LogP contribution in [0.25, 0.3) is 0 Å². The lowest BCUT2D eigenvalue weighted by Crippen LogP contribution is -2.44. The number of anilines is 2. The SMILES string of the molecule is CCCC(C)N(C)C(C)C(=O)Nc1cccc(N)c1. The summed E-state index contributed by atoms with van der Waals surface area (Å²) in [5.74, 6) is -0.00365. The van der Waals surface area contributed by atoms with Crippen LogP contribution in [0.4, 0.5) is 11.4 Å². The molecular weight excluding hydrogens is 238 g/mol. The number of benzene rings is 1. The van der Waals surface area contributed by atoms with E-state index in [4.69, 9.17) is 5.73 Å². The molecule has 1 aromatic rings. The summed E-state index contributed by atoms with van der Waals surface area (Å²) in [6.07, 6.45) is 2.21. The van der Waals surface area contributed by atoms with E-state index in [9.17, 15) is 4.79 Å². The average Bonchev–Trinajstić information content (AvgIpc) is 2.37. The van der Waals surface area contributed by atoms with Gasteiger partial charge in [-0.05, 0) is 45.5 Å². The number of nitrogen functional groups attached to an aromatic ring is 1. The third-order valence-corrected chi connectivity index (χ3v) is 3.55. The molecule has 0 aliphatic carbocycles. The Labute approximate surface area is 116 Å². The van der Waals surface area contributed by atoms with Gasteiger partial charge in [0.2, 0.25) is 5.91 Å². The van der Waals surface area contributed by atoms with Crippen LogP contribution in [0, 0.1) is 0 Å². The molecule has 1 aromatic carbocycles. The van der Waals surface area contributed by atoms with Gasteiger partial charge in [0.25, 0.3) is 0 Å². The maximum absolute atomic E-state index is 12.2. The largest absolute Gasteiger partial charge is 0.399 e. The summed E-state index contributed by atoms with van der Waals surface area (Å²) >= 11 is 0. The molecule has 0 heterocycles. The number of amides is 1. The Morgan fingerprint density at radius 2 is 2.11 bits per heavy atom. The highest BCUT2D eigenvalue weighted by Gasteiger charge is 2.21. The standard InChI is InChI=1S/C15H25N3O/c1-5-7-11(2)18(4)12(3)15(19)17-14-9-6-8-13(16)10-14/h6,8-12H,5,7,16H2,1-4H3,(H,17,19). The van der Waals surface area contributed by atoms with E-state index < -0.39 is 0 Å². The van der Waals surface area contributed by atoms with E-state index in [0.29, 0.717) is 11.7 Å². The Bertz CT molecular complexity index is 420. The molecule has 0 spiro atoms. The minimum Gasteiger partial charge on any atom is -0.399 e. The second-order valence-electron chi connectivity index (χ2n) is 5.09. The quantitative estimate of drug-likeness (QED) is 0.776. The number of carbonyl (C=O) groups is 1. The molecule has 0 saturated heterocycles. The fourth-order valence-corrected chi connectivity index (χ4v) is 2.05. The number of nitrogens with one attached hydrogen (secondary N) is 1. The van der Waals surface area contributed by atoms with Crippen molar-refractivity contribution in [2.24, 2.45) is 0 Å². The van der Waals surface area contributed by atoms with Gasteiger partial charge in [0.15, 0.2) is 0 Å². The number of carbonyl (C=O) groups excluding carboxylic acids is 1. The molecule has 1 rings (SSSR count). The van der Waals surface area contributed by atoms with Gasteiger partial charge < -0.3 is 11.1 Å². The summed E-state index contributed by atoms with van der Waals surface area (Å²) in [6, 6.07) is 7.47. The maximum atomic E-state index is 12.2. The molecule has 1 amide bonds. The van der Waals surface area contributed by atoms with Crippen LogP contribution in [-0.4, -0.2) is 29.9 Å². The number of hydrogen-bond acceptors (Lipinski definition) is 3. The molecule has 0 radical (unpaired) electrons. The van der Waals surface area contributed by atoms with E-state index in [1.807, 2.05) is 26.1 Å². The molecule has 0 bridgehead atoms. The van der Waals surface area contributed by atoms with E-state index >= 15 is 0 Å². The summed E-state index contributed by atoms with van der Waals surface area (Å²) in [5, 5.41) is 2.90. The van der Waals surface area contributed by atoms with Gasteiger partial charge in [-0.15, -0.1) is 0 Å². The molecule has 0 aliphatic heterocycles. The summed E-state index contributed by atoms with van der Waals surface area (Å²) < 4.78 is 0. The van der Waals surface area contributed by atoms with Crippen molar-refractivity contribution in [3.63, 3.8) is 0 Å². The van der Waals surface area contributed by atoms with Crippen LogP contribution in [0.15, 0.2) is 24.3 Å². The zero-order valence-electron chi connectivity index (χ0n) is 12.3. The topological polar surface area (TPSA) is 58.4 Å². The summed E-state index contributed by atoms with van der Waals surface area (Å²) in [5.41, 5.74) is 7.09. The Morgan fingerprint density at radius 3 is 2.68 bits per heavy atom. The molecule has 0 aromatic heterocycles. The Morgan fingerprint density at radius 1 is 1.42 bits per heavy atom. The average molecular weight is 263 g/mol. The first kappa shape index (κ1) is 15.5. The molecule has 0 aliphatic rings. The fourth-order valence-electron chi connectivity index (χ4n) is 2.05. The van der Waals surface area contributed by atoms with E-state index in [1.165, 1.54) is 0 Å². The first-order valence-corrected chi connectivity index (χ1v) is 6.84. The maximum Gasteiger partial charge on any atom is 0.241 e. The molecule has 106 valence electrons. The smallest absolute Gasteiger partial charge is 0.241 e. The number of likely N-dealkylation sites (N-methyl/N-ethyl adjacent to an activating group) is 1. The zero-order valence-corrected chi connectivity index (χ0v) is 12.3. The van der Waals surface area contributed by atoms with Gasteiger partial charge >= 0.3 is 0 Å². The lowest BCUT2D eigenvalue weighted by atomic mass is 10.1. The fraction of sp³-hybridized carbons (Fsp3) is 0.533. The lowest BCUT2D eigenvalue weighted by Gasteiger charge is -2.29. The van der Waals surface area contributed by atoms with Crippen LogP contribution in [0.2, 0.25) is 0 Å². The third-order valence-electron chi connectivity index (χ3n) is 3.55. The van der Waals surface area contributed by atoms with Crippen LogP contribution in [0.3, 0.4) is 0 Å². The minimum atomic E-state index is -0.164. The lowest BCUT2D eigenvalue weighted by molar-refractivity contribution is -0.121. The highest BCUT2D eigenvalue weighted by molar-refractivity contribution is 5.94. The summed E-state index contributed by atoms with van der Waals surface area (Å²) in [4.78, 5) is 14.3. The van der Waals surface area contributed by atoms with Crippen LogP contribution in [0.1, 0.15) is 33.6 Å². The van der Waals surface area contributed by atoms with Crippen molar-refractivity contribution < 1.29 is 4.79 Å². The van der Waals surface area contributed by atoms with E-state index in [-0.39, 0.29) is 11.9 Å². The highest BCUT2D eigenvalue weighted by atomic mass is 16.2. The minimum absolute atomic E-state index is 0.00365. The van der Waals surface area contributed by atoms with Crippen LogP contribution >= 0.6 is 0 Å². The van der Waals surface area contributed by atoms with Crippen LogP contribution < -0.4 is 11.1 Å². The summed E-state index contributed by atoms with van der Waals surface area (Å²) in [6.45, 7) is 6.23. The normalized spacial score (nSPS) is 14.2. The van der Waals surface area contributed by atoms with Gasteiger partial charge in [-0.2, -0.15) is 0 Å². The predicted molar refractivity (Wildman–Crippen MR) is 81.1 cm³/mol. The van der Waals surface area contributed by atoms with E-state index in [1.54, 1.807) is 12.1 Å². The van der Waals surface area contributed by atoms with Crippen LogP contribution in [0.5, 0.6) is 0 Å². The van der Waals surface area contributed by atoms with Crippen molar-refractivity contribution in [2.75, 3.05) is 18.1 Å². The Hall–Kier alpha value is -1.55. The number of nitrogens with two attached hydrogens (primary N) is 1. The van der Waals surface area contributed by atoms with Crippen molar-refractivity contribution in [3.8, 4) is 0 Å². The predicted octanol–water partition coefficient (Wildman–Crippen LogP) is 2.72. The van der Waals surface area contributed by atoms with Gasteiger partial charge in [-0.3, -0.25) is 9.69 Å². The molecular formula is C15H25N3O.